The van der Waals surface area contributed by atoms with E-state index in [-0.39, 0.29) is 5.91 Å². The summed E-state index contributed by atoms with van der Waals surface area (Å²) < 4.78 is 1.81. The molecule has 2 aromatic heterocycles. The first-order valence-electron chi connectivity index (χ1n) is 6.17. The van der Waals surface area contributed by atoms with E-state index in [9.17, 15) is 4.79 Å². The van der Waals surface area contributed by atoms with E-state index in [2.05, 4.69) is 9.98 Å². The summed E-state index contributed by atoms with van der Waals surface area (Å²) in [6.07, 6.45) is 3.49. The summed E-state index contributed by atoms with van der Waals surface area (Å²) in [7, 11) is 0. The van der Waals surface area contributed by atoms with Gasteiger partial charge in [-0.2, -0.15) is 4.99 Å². The van der Waals surface area contributed by atoms with Crippen LogP contribution in [0.2, 0.25) is 5.02 Å². The molecule has 0 saturated carbocycles. The molecule has 4 nitrogen and oxygen atoms in total. The van der Waals surface area contributed by atoms with Crippen LogP contribution in [0.3, 0.4) is 0 Å². The van der Waals surface area contributed by atoms with Crippen molar-refractivity contribution in [3.05, 3.63) is 39.2 Å². The maximum absolute atomic E-state index is 12.1. The quantitative estimate of drug-likeness (QED) is 0.811. The molecule has 0 bridgehead atoms. The summed E-state index contributed by atoms with van der Waals surface area (Å²) in [6.45, 7) is 7.52. The standard InChI is InChI=1S/C14H16ClN3OS/c1-9-8-18(11-6-5-10(15)7-16-11)13(20-9)17-12(19)14(2,3)4/h5-8H,1-4H3. The van der Waals surface area contributed by atoms with Crippen LogP contribution in [0.25, 0.3) is 5.82 Å². The molecule has 0 aliphatic heterocycles. The highest BCUT2D eigenvalue weighted by molar-refractivity contribution is 7.09. The molecule has 2 heterocycles. The van der Waals surface area contributed by atoms with Gasteiger partial charge in [0.1, 0.15) is 5.82 Å². The van der Waals surface area contributed by atoms with E-state index in [4.69, 9.17) is 11.6 Å². The summed E-state index contributed by atoms with van der Waals surface area (Å²) >= 11 is 7.30. The van der Waals surface area contributed by atoms with Gasteiger partial charge in [-0.25, -0.2) is 4.98 Å². The van der Waals surface area contributed by atoms with E-state index in [0.717, 1.165) is 4.88 Å². The second-order valence-corrected chi connectivity index (χ2v) is 7.15. The fourth-order valence-electron chi connectivity index (χ4n) is 1.46. The van der Waals surface area contributed by atoms with Gasteiger partial charge >= 0.3 is 0 Å². The zero-order valence-corrected chi connectivity index (χ0v) is 13.4. The summed E-state index contributed by atoms with van der Waals surface area (Å²) in [4.78, 5) is 22.2. The van der Waals surface area contributed by atoms with Crippen molar-refractivity contribution in [2.75, 3.05) is 0 Å². The highest BCUT2D eigenvalue weighted by Crippen LogP contribution is 2.16. The predicted octanol–water partition coefficient (Wildman–Crippen LogP) is 3.37. The van der Waals surface area contributed by atoms with Gasteiger partial charge in [0.15, 0.2) is 4.80 Å². The highest BCUT2D eigenvalue weighted by Gasteiger charge is 2.21. The van der Waals surface area contributed by atoms with E-state index < -0.39 is 5.41 Å². The monoisotopic (exact) mass is 309 g/mol. The molecule has 0 spiro atoms. The number of amides is 1. The van der Waals surface area contributed by atoms with Crippen molar-refractivity contribution < 1.29 is 4.79 Å². The average molecular weight is 310 g/mol. The minimum atomic E-state index is -0.497. The molecule has 0 N–H and O–H groups in total. The molecule has 0 aliphatic carbocycles. The molecule has 2 aromatic rings. The van der Waals surface area contributed by atoms with Gasteiger partial charge < -0.3 is 0 Å². The van der Waals surface area contributed by atoms with Crippen molar-refractivity contribution in [1.29, 1.82) is 0 Å². The molecule has 0 aromatic carbocycles. The number of pyridine rings is 1. The SMILES string of the molecule is Cc1cn(-c2ccc(Cl)cn2)c(=NC(=O)C(C)(C)C)s1. The first kappa shape index (κ1) is 14.9. The molecule has 0 saturated heterocycles. The molecule has 0 unspecified atom stereocenters. The van der Waals surface area contributed by atoms with Crippen LogP contribution < -0.4 is 4.80 Å². The Morgan fingerprint density at radius 1 is 1.40 bits per heavy atom. The van der Waals surface area contributed by atoms with E-state index >= 15 is 0 Å². The molecular formula is C14H16ClN3OS. The Hall–Kier alpha value is -1.46. The summed E-state index contributed by atoms with van der Waals surface area (Å²) in [5, 5.41) is 0.575. The van der Waals surface area contributed by atoms with E-state index in [1.807, 2.05) is 33.9 Å². The molecule has 6 heteroatoms. The van der Waals surface area contributed by atoms with Crippen LogP contribution in [0, 0.1) is 12.3 Å². The second-order valence-electron chi connectivity index (χ2n) is 5.50. The fourth-order valence-corrected chi connectivity index (χ4v) is 2.39. The van der Waals surface area contributed by atoms with Gasteiger partial charge in [-0.05, 0) is 19.1 Å². The van der Waals surface area contributed by atoms with Gasteiger partial charge in [-0.3, -0.25) is 9.36 Å². The van der Waals surface area contributed by atoms with Gasteiger partial charge in [0.2, 0.25) is 0 Å². The van der Waals surface area contributed by atoms with Crippen LogP contribution in [0.1, 0.15) is 25.6 Å². The Morgan fingerprint density at radius 2 is 2.10 bits per heavy atom. The fraction of sp³-hybridized carbons (Fsp3) is 0.357. The first-order chi connectivity index (χ1) is 9.27. The molecule has 1 amide bonds. The lowest BCUT2D eigenvalue weighted by atomic mass is 9.96. The Labute approximate surface area is 126 Å². The van der Waals surface area contributed by atoms with Gasteiger partial charge in [0, 0.05) is 22.7 Å². The third-order valence-electron chi connectivity index (χ3n) is 2.57. The van der Waals surface area contributed by atoms with Gasteiger partial charge in [-0.1, -0.05) is 32.4 Å². The Balaban J connectivity index is 2.54. The molecule has 20 heavy (non-hydrogen) atoms. The third kappa shape index (κ3) is 3.35. The van der Waals surface area contributed by atoms with Crippen molar-refractivity contribution in [1.82, 2.24) is 9.55 Å². The third-order valence-corrected chi connectivity index (χ3v) is 3.69. The van der Waals surface area contributed by atoms with Gasteiger partial charge in [0.25, 0.3) is 5.91 Å². The minimum absolute atomic E-state index is 0.151. The molecule has 106 valence electrons. The summed E-state index contributed by atoms with van der Waals surface area (Å²) in [5.74, 6) is 0.543. The van der Waals surface area contributed by atoms with Crippen LogP contribution in [-0.4, -0.2) is 15.5 Å². The van der Waals surface area contributed by atoms with Gasteiger partial charge in [0.05, 0.1) is 5.02 Å². The molecule has 2 rings (SSSR count). The number of aryl methyl sites for hydroxylation is 1. The topological polar surface area (TPSA) is 47.2 Å². The maximum Gasteiger partial charge on any atom is 0.253 e. The van der Waals surface area contributed by atoms with E-state index in [0.29, 0.717) is 15.6 Å². The minimum Gasteiger partial charge on any atom is -0.276 e. The number of carbonyl (C=O) groups is 1. The molecule has 0 atom stereocenters. The predicted molar refractivity (Wildman–Crippen MR) is 81.2 cm³/mol. The lowest BCUT2D eigenvalue weighted by Crippen LogP contribution is -2.23. The van der Waals surface area contributed by atoms with E-state index in [1.54, 1.807) is 22.9 Å². The molecule has 0 fully saturated rings. The molecule has 0 radical (unpaired) electrons. The number of thiazole rings is 1. The zero-order valence-electron chi connectivity index (χ0n) is 11.8. The zero-order chi connectivity index (χ0) is 14.9. The Bertz CT molecular complexity index is 692. The van der Waals surface area contributed by atoms with Crippen LogP contribution >= 0.6 is 22.9 Å². The Morgan fingerprint density at radius 3 is 2.65 bits per heavy atom. The van der Waals surface area contributed by atoms with Crippen molar-refractivity contribution in [3.63, 3.8) is 0 Å². The average Bonchev–Trinajstić information content (AvgIpc) is 2.70. The maximum atomic E-state index is 12.1. The molecule has 0 aliphatic rings. The smallest absolute Gasteiger partial charge is 0.253 e. The van der Waals surface area contributed by atoms with Crippen LogP contribution in [-0.2, 0) is 4.79 Å². The molecular weight excluding hydrogens is 294 g/mol. The number of carbonyl (C=O) groups excluding carboxylic acids is 1. The summed E-state index contributed by atoms with van der Waals surface area (Å²) in [5.41, 5.74) is -0.497. The normalized spacial score (nSPS) is 12.8. The van der Waals surface area contributed by atoms with Crippen molar-refractivity contribution in [2.45, 2.75) is 27.7 Å². The van der Waals surface area contributed by atoms with Crippen LogP contribution in [0.4, 0.5) is 0 Å². The van der Waals surface area contributed by atoms with Crippen molar-refractivity contribution >= 4 is 28.8 Å². The largest absolute Gasteiger partial charge is 0.276 e. The number of rotatable bonds is 1. The van der Waals surface area contributed by atoms with Crippen LogP contribution in [0.5, 0.6) is 0 Å². The van der Waals surface area contributed by atoms with Crippen LogP contribution in [0.15, 0.2) is 29.5 Å². The number of nitrogens with zero attached hydrogens (tertiary/aromatic N) is 3. The van der Waals surface area contributed by atoms with Crippen molar-refractivity contribution in [3.8, 4) is 5.82 Å². The number of hydrogen-bond acceptors (Lipinski definition) is 3. The number of halogens is 1. The highest BCUT2D eigenvalue weighted by atomic mass is 35.5. The second kappa shape index (κ2) is 5.50. The number of hydrogen-bond donors (Lipinski definition) is 0. The lowest BCUT2D eigenvalue weighted by molar-refractivity contribution is -0.125. The van der Waals surface area contributed by atoms with Gasteiger partial charge in [-0.15, -0.1) is 11.3 Å². The first-order valence-corrected chi connectivity index (χ1v) is 7.37. The van der Waals surface area contributed by atoms with E-state index in [1.165, 1.54) is 11.3 Å². The number of aromatic nitrogens is 2. The Kier molecular flexibility index (Phi) is 4.11. The van der Waals surface area contributed by atoms with Crippen molar-refractivity contribution in [2.24, 2.45) is 10.4 Å². The summed E-state index contributed by atoms with van der Waals surface area (Å²) in [6, 6.07) is 3.56. The lowest BCUT2D eigenvalue weighted by Gasteiger charge is -2.11.